The number of ether oxygens (including phenoxy) is 2. The SMILES string of the molecule is C/C=C/C[C@@H](C)[C@@H](O)[C@H]1C(=O)N[C@@H](CC)C(=O)N(C)[C@H](C)C(=O)N(C)[C@@H]([C@H](C)COC(=O)N2CCOCC2)C(=O)N[C@@H](C(C)C)C(=O)N(C)[C@@H](CC(C)C)C(=O)N[C@@H](C)C(=O)N[C@H](C)C(=O)N(C)[C@@H](CC(C)C)C(=O)N(C)[C@@H](CCC(C)C)C(=O)N(C)[C@@H](C(C)C)C(=O)N1C. The fraction of sp³-hybridized carbons (Fsp3) is 0.794. The molecule has 0 radical (unpaired) electrons. The third-order valence-corrected chi connectivity index (χ3v) is 18.4. The zero-order chi connectivity index (χ0) is 73.0. The van der Waals surface area contributed by atoms with Gasteiger partial charge in [-0.05, 0) is 102 Å². The van der Waals surface area contributed by atoms with E-state index in [1.807, 2.05) is 41.5 Å². The summed E-state index contributed by atoms with van der Waals surface area (Å²) in [7, 11) is 9.74. The van der Waals surface area contributed by atoms with Crippen LogP contribution in [0.3, 0.4) is 0 Å². The molecule has 0 saturated carbocycles. The van der Waals surface area contributed by atoms with Crippen LogP contribution in [0.25, 0.3) is 0 Å². The molecule has 0 aromatic heterocycles. The third-order valence-electron chi connectivity index (χ3n) is 18.4. The van der Waals surface area contributed by atoms with Crippen LogP contribution in [0.1, 0.15) is 156 Å². The van der Waals surface area contributed by atoms with Crippen LogP contribution in [0.15, 0.2) is 12.2 Å². The second-order valence-corrected chi connectivity index (χ2v) is 28.3. The molecule has 27 heteroatoms. The van der Waals surface area contributed by atoms with E-state index in [1.54, 1.807) is 67.5 Å². The minimum absolute atomic E-state index is 0.0412. The molecule has 2 aliphatic rings. The minimum Gasteiger partial charge on any atom is -0.449 e. The van der Waals surface area contributed by atoms with Gasteiger partial charge in [0.25, 0.3) is 0 Å². The van der Waals surface area contributed by atoms with Crippen LogP contribution >= 0.6 is 0 Å². The quantitative estimate of drug-likeness (QED) is 0.131. The molecule has 5 N–H and O–H groups in total. The number of hydrogen-bond donors (Lipinski definition) is 5. The van der Waals surface area contributed by atoms with Gasteiger partial charge in [0, 0.05) is 68.3 Å². The van der Waals surface area contributed by atoms with E-state index in [9.17, 15) is 38.7 Å². The van der Waals surface area contributed by atoms with Gasteiger partial charge in [0.05, 0.1) is 25.9 Å². The topological polar surface area (TPSA) is 318 Å². The predicted molar refractivity (Wildman–Crippen MR) is 361 cm³/mol. The molecule has 2 rings (SSSR count). The van der Waals surface area contributed by atoms with Gasteiger partial charge in [0.1, 0.15) is 66.5 Å². The van der Waals surface area contributed by atoms with E-state index in [2.05, 4.69) is 21.3 Å². The van der Waals surface area contributed by atoms with Crippen molar-refractivity contribution in [3.05, 3.63) is 12.2 Å². The van der Waals surface area contributed by atoms with Crippen molar-refractivity contribution in [2.24, 2.45) is 41.4 Å². The van der Waals surface area contributed by atoms with Gasteiger partial charge in [-0.25, -0.2) is 4.79 Å². The Balaban J connectivity index is 3.06. The van der Waals surface area contributed by atoms with E-state index in [0.717, 1.165) is 14.7 Å². The molecule has 2 fully saturated rings. The number of morpholine rings is 1. The summed E-state index contributed by atoms with van der Waals surface area (Å²) in [5, 5.41) is 23.2. The van der Waals surface area contributed by atoms with Crippen molar-refractivity contribution in [3.63, 3.8) is 0 Å². The molecule has 27 nitrogen and oxygen atoms in total. The maximum Gasteiger partial charge on any atom is 0.409 e. The van der Waals surface area contributed by atoms with Gasteiger partial charge in [0.15, 0.2) is 0 Å². The standard InChI is InChI=1S/C68H120N12O15/c1-25-27-28-43(13)56(81)55-60(85)71-48(26-2)63(88)73(18)47(17)62(87)78(23)54(44(14)37-95-68(93)80-31-33-94-34-32-80)59(84)72-52(41(9)10)66(91)75(20)50(35-39(5)6)58(83)69-45(15)57(82)70-46(16)61(86)76(21)51(36-40(7)8)65(90)74(19)49(30-29-38(3)4)64(89)77(22)53(42(11)12)67(92)79(55)24/h25,27,38-56,81H,26,28-37H2,1-24H3,(H,69,83)(H,70,82)(H,71,85)(H,72,84)/b27-25+/t43-,44-,45+,46-,47-,48+,49+,50+,51+,52+,53+,54+,55+,56-/m1/s1. The number of aliphatic hydroxyl groups excluding tert-OH is 1. The summed E-state index contributed by atoms with van der Waals surface area (Å²) in [4.78, 5) is 186. The summed E-state index contributed by atoms with van der Waals surface area (Å²) in [5.41, 5.74) is 0. The van der Waals surface area contributed by atoms with Crippen LogP contribution in [0.5, 0.6) is 0 Å². The van der Waals surface area contributed by atoms with Crippen molar-refractivity contribution in [3.8, 4) is 0 Å². The van der Waals surface area contributed by atoms with Crippen LogP contribution in [-0.2, 0) is 62.2 Å². The van der Waals surface area contributed by atoms with Crippen LogP contribution in [-0.4, -0.2) is 270 Å². The van der Waals surface area contributed by atoms with Crippen LogP contribution in [0, 0.1) is 41.4 Å². The minimum atomic E-state index is -1.67. The van der Waals surface area contributed by atoms with E-state index in [-0.39, 0.29) is 82.8 Å². The fourth-order valence-electron chi connectivity index (χ4n) is 12.0. The molecule has 0 bridgehead atoms. The molecule has 0 aromatic carbocycles. The van der Waals surface area contributed by atoms with Gasteiger partial charge in [0.2, 0.25) is 65.0 Å². The van der Waals surface area contributed by atoms with Gasteiger partial charge in [-0.3, -0.25) is 52.7 Å². The maximum absolute atomic E-state index is 15.3. The van der Waals surface area contributed by atoms with Gasteiger partial charge in [-0.2, -0.15) is 0 Å². The third kappa shape index (κ3) is 23.1. The average molecular weight is 1350 g/mol. The number of carbonyl (C=O) groups is 12. The highest BCUT2D eigenvalue weighted by Crippen LogP contribution is 2.26. The molecule has 542 valence electrons. The highest BCUT2D eigenvalue weighted by molar-refractivity contribution is 6.00. The number of amides is 12. The Bertz CT molecular complexity index is 2650. The first-order valence-corrected chi connectivity index (χ1v) is 34.0. The van der Waals surface area contributed by atoms with Crippen LogP contribution < -0.4 is 21.3 Å². The van der Waals surface area contributed by atoms with Crippen LogP contribution in [0.4, 0.5) is 4.79 Å². The molecule has 14 atom stereocenters. The molecule has 0 aliphatic carbocycles. The Morgan fingerprint density at radius 1 is 0.537 bits per heavy atom. The zero-order valence-corrected chi connectivity index (χ0v) is 61.6. The fourth-order valence-corrected chi connectivity index (χ4v) is 12.0. The molecule has 0 aromatic rings. The lowest BCUT2D eigenvalue weighted by Gasteiger charge is -2.41. The first-order valence-electron chi connectivity index (χ1n) is 34.0. The first-order chi connectivity index (χ1) is 44.1. The molecular weight excluding hydrogens is 1220 g/mol. The number of carbonyl (C=O) groups excluding carboxylic acids is 12. The lowest BCUT2D eigenvalue weighted by atomic mass is 9.91. The van der Waals surface area contributed by atoms with E-state index in [0.29, 0.717) is 6.42 Å². The Kier molecular flexibility index (Phi) is 34.3. The zero-order valence-electron chi connectivity index (χ0n) is 61.6. The van der Waals surface area contributed by atoms with Crippen molar-refractivity contribution in [1.29, 1.82) is 0 Å². The highest BCUT2D eigenvalue weighted by Gasteiger charge is 2.46. The molecule has 2 aliphatic heterocycles. The summed E-state index contributed by atoms with van der Waals surface area (Å²) in [6.07, 6.45) is 2.43. The molecule has 0 unspecified atom stereocenters. The van der Waals surface area contributed by atoms with E-state index >= 15 is 24.0 Å². The van der Waals surface area contributed by atoms with Gasteiger partial charge in [-0.1, -0.05) is 102 Å². The second kappa shape index (κ2) is 38.7. The Morgan fingerprint density at radius 2 is 1.03 bits per heavy atom. The largest absolute Gasteiger partial charge is 0.449 e. The monoisotopic (exact) mass is 1340 g/mol. The summed E-state index contributed by atoms with van der Waals surface area (Å²) in [6, 6.07) is -14.6. The normalized spacial score (nSPS) is 27.3. The summed E-state index contributed by atoms with van der Waals surface area (Å²) >= 11 is 0. The van der Waals surface area contributed by atoms with Crippen LogP contribution in [0.2, 0.25) is 0 Å². The van der Waals surface area contributed by atoms with Gasteiger partial charge >= 0.3 is 6.09 Å². The number of hydrogen-bond acceptors (Lipinski definition) is 15. The van der Waals surface area contributed by atoms with Gasteiger partial charge in [-0.15, -0.1) is 0 Å². The lowest BCUT2D eigenvalue weighted by molar-refractivity contribution is -0.157. The molecule has 2 heterocycles. The lowest BCUT2D eigenvalue weighted by Crippen LogP contribution is -2.64. The number of nitrogens with zero attached hydrogens (tertiary/aromatic N) is 8. The summed E-state index contributed by atoms with van der Waals surface area (Å²) in [6.45, 7) is 29.7. The second-order valence-electron chi connectivity index (χ2n) is 28.3. The van der Waals surface area contributed by atoms with Crippen molar-refractivity contribution in [1.82, 2.24) is 60.5 Å². The molecule has 0 spiro atoms. The molecule has 95 heavy (non-hydrogen) atoms. The Hall–Kier alpha value is -6.90. The number of allylic oxidation sites excluding steroid dienone is 2. The maximum atomic E-state index is 15.3. The highest BCUT2D eigenvalue weighted by atomic mass is 16.6. The van der Waals surface area contributed by atoms with Crippen molar-refractivity contribution in [2.75, 3.05) is 82.2 Å². The number of nitrogens with one attached hydrogen (secondary N) is 4. The summed E-state index contributed by atoms with van der Waals surface area (Å²) < 4.78 is 11.1. The van der Waals surface area contributed by atoms with E-state index in [4.69, 9.17) is 9.47 Å². The summed E-state index contributed by atoms with van der Waals surface area (Å²) in [5.74, 6) is -11.3. The van der Waals surface area contributed by atoms with Crippen molar-refractivity contribution in [2.45, 2.75) is 229 Å². The van der Waals surface area contributed by atoms with E-state index in [1.165, 1.54) is 94.6 Å². The Labute approximate surface area is 566 Å². The number of rotatable bonds is 17. The van der Waals surface area contributed by atoms with Crippen molar-refractivity contribution >= 4 is 71.1 Å². The Morgan fingerprint density at radius 3 is 1.55 bits per heavy atom. The molecule has 12 amide bonds. The van der Waals surface area contributed by atoms with E-state index < -0.39 is 167 Å². The molecular formula is C68H120N12O15. The first kappa shape index (κ1) is 84.2. The number of likely N-dealkylation sites (N-methyl/N-ethyl adjacent to an activating group) is 7. The average Bonchev–Trinajstić information content (AvgIpc) is 0.813. The predicted octanol–water partition coefficient (Wildman–Crippen LogP) is 3.11. The van der Waals surface area contributed by atoms with Gasteiger partial charge < -0.3 is 75.0 Å². The molecule has 2 saturated heterocycles. The van der Waals surface area contributed by atoms with Crippen molar-refractivity contribution < 1.29 is 72.1 Å². The number of aliphatic hydroxyl groups is 1. The smallest absolute Gasteiger partial charge is 0.409 e.